The molecule has 32 nitrogen and oxygen atoms in total. The average molecular weight is 1510 g/mol. The van der Waals surface area contributed by atoms with Crippen LogP contribution >= 0.6 is 0 Å². The van der Waals surface area contributed by atoms with Crippen LogP contribution in [0.1, 0.15) is 51.4 Å². The Labute approximate surface area is 550 Å². The summed E-state index contributed by atoms with van der Waals surface area (Å²) in [6.45, 7) is 0. The molecule has 528 valence electrons. The first-order valence-corrected chi connectivity index (χ1v) is 40.0. The molecule has 0 heterocycles. The molecule has 0 spiro atoms. The maximum absolute atomic E-state index is 13.0. The largest absolute Gasteiger partial charge is 0.388 e. The monoisotopic (exact) mass is 1500 g/mol. The van der Waals surface area contributed by atoms with Crippen molar-refractivity contribution in [2.75, 3.05) is 0 Å². The van der Waals surface area contributed by atoms with E-state index < -0.39 is 312 Å². The predicted molar refractivity (Wildman–Crippen MR) is 335 cm³/mol. The summed E-state index contributed by atoms with van der Waals surface area (Å²) in [6.07, 6.45) is -11.6. The third-order valence-electron chi connectivity index (χ3n) is 18.1. The normalized spacial score (nSPS) is 33.5. The molecule has 16 N–H and O–H groups in total. The summed E-state index contributed by atoms with van der Waals surface area (Å²) in [5.41, 5.74) is -3.87. The van der Waals surface area contributed by atoms with Crippen molar-refractivity contribution in [2.45, 2.75) is 100 Å². The van der Waals surface area contributed by atoms with Crippen molar-refractivity contribution >= 4 is 80.9 Å². The molecule has 9 aliphatic rings. The van der Waals surface area contributed by atoms with E-state index in [4.69, 9.17) is 0 Å². The number of aliphatic hydroxyl groups excluding tert-OH is 8. The molecule has 96 heavy (non-hydrogen) atoms. The van der Waals surface area contributed by atoms with Crippen LogP contribution in [-0.2, 0) is 80.9 Å². The van der Waals surface area contributed by atoms with E-state index in [1.165, 1.54) is 0 Å². The lowest BCUT2D eigenvalue weighted by Gasteiger charge is -2.37. The molecule has 1 fully saturated rings. The van der Waals surface area contributed by atoms with E-state index in [1.54, 1.807) is 0 Å². The third kappa shape index (κ3) is 16.6. The van der Waals surface area contributed by atoms with Crippen LogP contribution in [0.4, 0.5) is 0 Å². The highest BCUT2D eigenvalue weighted by atomic mass is 32.2. The van der Waals surface area contributed by atoms with Gasteiger partial charge in [0.25, 0.3) is 80.9 Å². The minimum absolute atomic E-state index is 0.466. The van der Waals surface area contributed by atoms with Crippen molar-refractivity contribution in [1.29, 1.82) is 0 Å². The van der Waals surface area contributed by atoms with Gasteiger partial charge in [-0.05, 0) is 145 Å². The van der Waals surface area contributed by atoms with Crippen LogP contribution in [-0.4, -0.2) is 193 Å². The number of hydrogen-bond acceptors (Lipinski definition) is 24. The van der Waals surface area contributed by atoms with Gasteiger partial charge in [-0.25, -0.2) is 0 Å². The maximum atomic E-state index is 13.0. The topological polar surface area (TPSA) is 597 Å². The van der Waals surface area contributed by atoms with Crippen LogP contribution in [0.3, 0.4) is 0 Å². The lowest BCUT2D eigenvalue weighted by atomic mass is 9.73. The van der Waals surface area contributed by atoms with E-state index in [9.17, 15) is 145 Å². The summed E-state index contributed by atoms with van der Waals surface area (Å²) in [5, 5.41) is 96.6. The van der Waals surface area contributed by atoms with Gasteiger partial charge in [-0.1, -0.05) is 48.6 Å². The molecule has 0 radical (unpaired) electrons. The van der Waals surface area contributed by atoms with Crippen molar-refractivity contribution in [3.8, 4) is 0 Å². The molecule has 16 unspecified atom stereocenters. The Morgan fingerprint density at radius 1 is 0.208 bits per heavy atom. The molecule has 0 aromatic carbocycles. The summed E-state index contributed by atoms with van der Waals surface area (Å²) in [4.78, 5) is -7.96. The third-order valence-corrected chi connectivity index (χ3v) is 24.9. The highest BCUT2D eigenvalue weighted by molar-refractivity contribution is 7.91. The van der Waals surface area contributed by atoms with Crippen LogP contribution < -0.4 is 0 Å². The fourth-order valence-electron chi connectivity index (χ4n) is 13.4. The second kappa shape index (κ2) is 26.7. The first-order chi connectivity index (χ1) is 43.9. The van der Waals surface area contributed by atoms with E-state index in [0.717, 1.165) is 48.6 Å². The zero-order chi connectivity index (χ0) is 71.4. The SMILES string of the molecule is O=S(=O)(O)C1=CC2CC3=CC(S(=O)(=O)O)=CC(CC4=CC(S(=O)(=O)O)=CC(CC5C=C(S(=O)(=O)O)C=C(CC6C=C(S(=O)(=O)O)C=C(CC7C=C(S(=O)(=O)O)C=C(CC8=CC(S(=O)(=O)O)=CC(CC9C=C(S(=O)(=O)O)C=C(CC(=C1)C2O)C9O)C8O)C7O)C6O)C5O)C4O)C3O. The zero-order valence-corrected chi connectivity index (χ0v) is 55.6. The first-order valence-electron chi connectivity index (χ1n) is 28.5. The van der Waals surface area contributed by atoms with E-state index in [1.807, 2.05) is 0 Å². The summed E-state index contributed by atoms with van der Waals surface area (Å²) in [5.74, 6) is -13.6. The van der Waals surface area contributed by atoms with Gasteiger partial charge in [-0.2, -0.15) is 67.3 Å². The molecule has 16 atom stereocenters. The smallest absolute Gasteiger partial charge is 0.294 e. The molecule has 0 aromatic rings. The quantitative estimate of drug-likeness (QED) is 0.148. The molecule has 9 aliphatic carbocycles. The second-order valence-corrected chi connectivity index (χ2v) is 36.0. The van der Waals surface area contributed by atoms with E-state index in [2.05, 4.69) is 0 Å². The van der Waals surface area contributed by atoms with Crippen LogP contribution in [0.25, 0.3) is 0 Å². The van der Waals surface area contributed by atoms with Gasteiger partial charge in [-0.15, -0.1) is 0 Å². The zero-order valence-electron chi connectivity index (χ0n) is 49.1. The number of aliphatic hydroxyl groups is 8. The summed E-state index contributed by atoms with van der Waals surface area (Å²) >= 11 is 0. The maximum Gasteiger partial charge on any atom is 0.294 e. The van der Waals surface area contributed by atoms with Gasteiger partial charge in [0.05, 0.1) is 88.1 Å². The molecule has 0 aliphatic heterocycles. The summed E-state index contributed by atoms with van der Waals surface area (Å²) < 4.78 is 291. The Hall–Kier alpha value is -5.20. The predicted octanol–water partition coefficient (Wildman–Crippen LogP) is 0.631. The molecule has 40 heteroatoms. The van der Waals surface area contributed by atoms with Gasteiger partial charge in [-0.3, -0.25) is 36.4 Å². The minimum Gasteiger partial charge on any atom is -0.388 e. The van der Waals surface area contributed by atoms with E-state index in [0.29, 0.717) is 48.6 Å². The Balaban J connectivity index is 1.19. The van der Waals surface area contributed by atoms with Gasteiger partial charge in [0.1, 0.15) is 0 Å². The fourth-order valence-corrected chi connectivity index (χ4v) is 18.6. The Bertz CT molecular complexity index is 4530. The van der Waals surface area contributed by atoms with Gasteiger partial charge in [0, 0.05) is 47.3 Å². The molecule has 0 aromatic heterocycles. The first kappa shape index (κ1) is 75.0. The Morgan fingerprint density at radius 3 is 0.500 bits per heavy atom. The minimum atomic E-state index is -5.36. The van der Waals surface area contributed by atoms with Gasteiger partial charge >= 0.3 is 0 Å². The second-order valence-electron chi connectivity index (χ2n) is 24.6. The van der Waals surface area contributed by atoms with Crippen molar-refractivity contribution in [3.05, 3.63) is 181 Å². The highest BCUT2D eigenvalue weighted by Crippen LogP contribution is 2.47. The fraction of sp³-hybridized carbons (Fsp3) is 0.429. The lowest BCUT2D eigenvalue weighted by molar-refractivity contribution is 0.0984. The van der Waals surface area contributed by atoms with Crippen LogP contribution in [0.2, 0.25) is 0 Å². The van der Waals surface area contributed by atoms with Crippen LogP contribution in [0.15, 0.2) is 181 Å². The molecule has 9 rings (SSSR count). The van der Waals surface area contributed by atoms with Crippen molar-refractivity contribution < 1.29 is 145 Å². The summed E-state index contributed by atoms with van der Waals surface area (Å²) in [6, 6.07) is 0. The van der Waals surface area contributed by atoms with Gasteiger partial charge in [0.2, 0.25) is 0 Å². The molecule has 0 amide bonds. The Kier molecular flexibility index (Phi) is 20.9. The molecule has 16 bridgehead atoms. The molecule has 1 saturated carbocycles. The average Bonchev–Trinajstić information content (AvgIpc) is 0.783. The van der Waals surface area contributed by atoms with Crippen LogP contribution in [0, 0.1) is 47.3 Å². The highest BCUT2D eigenvalue weighted by Gasteiger charge is 2.44. The number of allylic oxidation sites excluding steroid dienone is 8. The Morgan fingerprint density at radius 2 is 0.333 bits per heavy atom. The number of fused-ring (bicyclic) bond motifs is 16. The van der Waals surface area contributed by atoms with E-state index >= 15 is 0 Å². The van der Waals surface area contributed by atoms with Crippen molar-refractivity contribution in [3.63, 3.8) is 0 Å². The molecule has 0 saturated heterocycles. The standard InChI is InChI=1S/C56H64O32S8/c57-49-25-1-26-10-42(90(68,69)70)12-28(50(26)58)3-30-14-44(92(74,75)76)16-32(52(30)60)5-34-18-46(94(80,81)82)20-36(54(34)62)7-38-22-48(96(86,87)88)24-40(56(38)64)8-39-23-47(95(83,84)85)21-37(55(39)63)6-35-19-45(93(77,78)79)17-33(53(35)61)4-31-15-43(91(71,72)73)13-29(51(31)59)2-27(49)11-41(9-25)89(65,66)67/h9-26,29-30,33-34,39-40,49-64H,1-8H2,(H,65,66,67)(H,68,69,70)(H,71,72,73)(H,74,75,76)(H,77,78,79)(H,80,81,82)(H,83,84,85)(H,86,87,88). The van der Waals surface area contributed by atoms with Crippen molar-refractivity contribution in [1.82, 2.24) is 0 Å². The number of rotatable bonds is 8. The van der Waals surface area contributed by atoms with Gasteiger partial charge < -0.3 is 40.9 Å². The number of hydrogen-bond donors (Lipinski definition) is 16. The molecular formula is C56H64O32S8. The lowest BCUT2D eigenvalue weighted by Crippen LogP contribution is -2.36. The van der Waals surface area contributed by atoms with Gasteiger partial charge in [0.15, 0.2) is 0 Å². The van der Waals surface area contributed by atoms with Crippen LogP contribution in [0.5, 0.6) is 0 Å². The molecular weight excluding hydrogens is 1440 g/mol. The van der Waals surface area contributed by atoms with E-state index in [-0.39, 0.29) is 0 Å². The summed E-state index contributed by atoms with van der Waals surface area (Å²) in [7, 11) is -42.8. The van der Waals surface area contributed by atoms with Crippen molar-refractivity contribution in [2.24, 2.45) is 47.3 Å².